The third-order valence-electron chi connectivity index (χ3n) is 15.3. The summed E-state index contributed by atoms with van der Waals surface area (Å²) in [5.74, 6) is 0. The van der Waals surface area contributed by atoms with Gasteiger partial charge in [-0.15, -0.1) is 6.58 Å². The van der Waals surface area contributed by atoms with Gasteiger partial charge < -0.3 is 9.88 Å². The summed E-state index contributed by atoms with van der Waals surface area (Å²) < 4.78 is 0. The number of aromatic nitrogens is 1. The molecular weight excluding hydrogens is 1010 g/mol. The van der Waals surface area contributed by atoms with Crippen LogP contribution in [0.2, 0.25) is 0 Å². The van der Waals surface area contributed by atoms with Crippen molar-refractivity contribution < 1.29 is 0 Å². The first kappa shape index (κ1) is 57.2. The molecule has 0 saturated carbocycles. The average Bonchev–Trinajstić information content (AvgIpc) is 4.13. The van der Waals surface area contributed by atoms with E-state index in [9.17, 15) is 0 Å². The zero-order chi connectivity index (χ0) is 58.2. The van der Waals surface area contributed by atoms with E-state index in [0.717, 1.165) is 34.5 Å². The van der Waals surface area contributed by atoms with Gasteiger partial charge in [0.1, 0.15) is 0 Å². The monoisotopic (exact) mass is 1090 g/mol. The van der Waals surface area contributed by atoms with Gasteiger partial charge in [0.2, 0.25) is 0 Å². The van der Waals surface area contributed by atoms with E-state index < -0.39 is 0 Å². The number of nitrogens with zero attached hydrogens (tertiary/aromatic N) is 1. The van der Waals surface area contributed by atoms with Gasteiger partial charge in [-0.2, -0.15) is 0 Å². The van der Waals surface area contributed by atoms with E-state index in [-0.39, 0.29) is 0 Å². The van der Waals surface area contributed by atoms with E-state index >= 15 is 0 Å². The number of nitrogens with one attached hydrogen (secondary N) is 1. The number of H-pyrrole nitrogens is 1. The van der Waals surface area contributed by atoms with Crippen LogP contribution in [0.15, 0.2) is 298 Å². The summed E-state index contributed by atoms with van der Waals surface area (Å²) in [5, 5.41) is 10.1. The zero-order valence-corrected chi connectivity index (χ0v) is 49.2. The summed E-state index contributed by atoms with van der Waals surface area (Å²) in [6.07, 6.45) is 15.5. The molecule has 1 heterocycles. The summed E-state index contributed by atoms with van der Waals surface area (Å²) in [7, 11) is 0. The van der Waals surface area contributed by atoms with Crippen LogP contribution in [-0.2, 0) is 12.8 Å². The van der Waals surface area contributed by atoms with E-state index in [1.807, 2.05) is 26.8 Å². The highest BCUT2D eigenvalue weighted by Gasteiger charge is 2.16. The SMILES string of the molecule is C=C/C=C\Cc1ccc2ccccc2c1.C=CC.CC.Cc1ccc(-c2ccc3c(c2)C=CCC3)cc1.Cc1ccc2[nH]c3ccc(N(c4ccc(-c5ccc6ccccc6c5)cc4)c4ccc(-c5ccc6ccccc6c5)cc4)cc3c2c1. The molecule has 14 rings (SSSR count). The highest BCUT2D eigenvalue weighted by Crippen LogP contribution is 2.40. The molecule has 1 aliphatic carbocycles. The lowest BCUT2D eigenvalue weighted by molar-refractivity contribution is 0.986. The minimum absolute atomic E-state index is 0.969. The van der Waals surface area contributed by atoms with E-state index in [4.69, 9.17) is 0 Å². The van der Waals surface area contributed by atoms with Gasteiger partial charge in [-0.25, -0.2) is 0 Å². The molecule has 0 spiro atoms. The highest BCUT2D eigenvalue weighted by molar-refractivity contribution is 6.09. The molecular formula is C82H74N2. The maximum atomic E-state index is 3.65. The Morgan fingerprint density at radius 2 is 0.869 bits per heavy atom. The van der Waals surface area contributed by atoms with Gasteiger partial charge in [0.15, 0.2) is 0 Å². The van der Waals surface area contributed by atoms with Gasteiger partial charge in [-0.1, -0.05) is 250 Å². The van der Waals surface area contributed by atoms with Gasteiger partial charge in [-0.05, 0) is 195 Å². The van der Waals surface area contributed by atoms with E-state index in [0.29, 0.717) is 0 Å². The van der Waals surface area contributed by atoms with Crippen LogP contribution >= 0.6 is 0 Å². The summed E-state index contributed by atoms with van der Waals surface area (Å²) in [6.45, 7) is 17.2. The number of aromatic amines is 1. The van der Waals surface area contributed by atoms with Gasteiger partial charge in [0.05, 0.1) is 0 Å². The fourth-order valence-corrected chi connectivity index (χ4v) is 10.9. The van der Waals surface area contributed by atoms with Crippen LogP contribution in [0.3, 0.4) is 0 Å². The smallest absolute Gasteiger partial charge is 0.0469 e. The first-order valence-electron chi connectivity index (χ1n) is 29.5. The minimum Gasteiger partial charge on any atom is -0.355 e. The van der Waals surface area contributed by atoms with E-state index in [1.54, 1.807) is 12.2 Å². The Morgan fingerprint density at radius 3 is 1.43 bits per heavy atom. The lowest BCUT2D eigenvalue weighted by Gasteiger charge is -2.26. The first-order valence-corrected chi connectivity index (χ1v) is 29.5. The number of fused-ring (bicyclic) bond motifs is 7. The van der Waals surface area contributed by atoms with Crippen molar-refractivity contribution in [3.63, 3.8) is 0 Å². The molecule has 0 aliphatic heterocycles. The van der Waals surface area contributed by atoms with Gasteiger partial charge >= 0.3 is 0 Å². The molecule has 412 valence electrons. The Labute approximate surface area is 497 Å². The van der Waals surface area contributed by atoms with E-state index in [2.05, 4.69) is 310 Å². The molecule has 12 aromatic carbocycles. The van der Waals surface area contributed by atoms with Crippen LogP contribution in [0.1, 0.15) is 55.0 Å². The summed E-state index contributed by atoms with van der Waals surface area (Å²) in [5.41, 5.74) is 19.9. The van der Waals surface area contributed by atoms with Crippen molar-refractivity contribution in [3.05, 3.63) is 326 Å². The minimum atomic E-state index is 0.969. The van der Waals surface area contributed by atoms with Crippen LogP contribution in [0.25, 0.3) is 93.6 Å². The molecule has 13 aromatic rings. The van der Waals surface area contributed by atoms with E-state index in [1.165, 1.54) is 117 Å². The van der Waals surface area contributed by atoms with Crippen LogP contribution in [0, 0.1) is 13.8 Å². The van der Waals surface area contributed by atoms with Crippen LogP contribution in [0.4, 0.5) is 17.1 Å². The number of anilines is 3. The molecule has 0 saturated heterocycles. The third-order valence-corrected chi connectivity index (χ3v) is 15.3. The normalized spacial score (nSPS) is 11.3. The number of allylic oxidation sites excluding steroid dienone is 5. The molecule has 0 bridgehead atoms. The van der Waals surface area contributed by atoms with Crippen LogP contribution in [-0.4, -0.2) is 4.98 Å². The second-order valence-corrected chi connectivity index (χ2v) is 21.1. The lowest BCUT2D eigenvalue weighted by Crippen LogP contribution is -2.09. The Hall–Kier alpha value is -10.0. The quantitative estimate of drug-likeness (QED) is 0.113. The van der Waals surface area contributed by atoms with Crippen molar-refractivity contribution in [1.82, 2.24) is 4.98 Å². The average molecular weight is 1090 g/mol. The van der Waals surface area contributed by atoms with Crippen molar-refractivity contribution in [2.75, 3.05) is 4.90 Å². The van der Waals surface area contributed by atoms with Gasteiger partial charge in [0, 0.05) is 38.9 Å². The summed E-state index contributed by atoms with van der Waals surface area (Å²) >= 11 is 0. The topological polar surface area (TPSA) is 19.0 Å². The molecule has 0 radical (unpaired) electrons. The number of hydrogen-bond acceptors (Lipinski definition) is 1. The Balaban J connectivity index is 0.000000172. The molecule has 1 aliphatic rings. The molecule has 1 aromatic heterocycles. The second kappa shape index (κ2) is 27.6. The van der Waals surface area contributed by atoms with Crippen molar-refractivity contribution >= 4 is 77.3 Å². The van der Waals surface area contributed by atoms with Crippen molar-refractivity contribution in [2.45, 2.75) is 53.9 Å². The first-order chi connectivity index (χ1) is 41.3. The third kappa shape index (κ3) is 13.7. The van der Waals surface area contributed by atoms with Gasteiger partial charge in [-0.3, -0.25) is 0 Å². The largest absolute Gasteiger partial charge is 0.355 e. The number of aryl methyl sites for hydroxylation is 3. The second-order valence-electron chi connectivity index (χ2n) is 21.1. The Morgan fingerprint density at radius 1 is 0.429 bits per heavy atom. The standard InChI is InChI=1S/C45H32N2.C17H16.C15H14.C3H6.C2H6/c1-30-10-24-44-42(26-30)43-29-41(23-25-45(43)46-44)47(39-19-15-33(16-20-39)37-13-11-31-6-2-4-8-35(31)27-37)40-21-17-34(18-22-40)38-14-12-32-7-3-5-9-36(32)28-38;1-13-6-8-15(9-7-13)17-11-10-14-4-2-3-5-16(14)12-17;1-2-3-4-7-13-10-11-14-8-5-6-9-15(14)12-13;1-3-2;1-2/h2-29,46H,1H3;3,5-12H,2,4H2,1H3;2-6,8-12H,1,7H2;3H,1H2,2H3;1-2H3/b;;4-3-;;. The molecule has 84 heavy (non-hydrogen) atoms. The summed E-state index contributed by atoms with van der Waals surface area (Å²) in [4.78, 5) is 5.97. The maximum Gasteiger partial charge on any atom is 0.0469 e. The summed E-state index contributed by atoms with van der Waals surface area (Å²) in [6, 6.07) is 92.3. The van der Waals surface area contributed by atoms with Crippen LogP contribution in [0.5, 0.6) is 0 Å². The van der Waals surface area contributed by atoms with Crippen molar-refractivity contribution in [1.29, 1.82) is 0 Å². The van der Waals surface area contributed by atoms with Gasteiger partial charge in [0.25, 0.3) is 0 Å². The molecule has 0 amide bonds. The Kier molecular flexibility index (Phi) is 18.8. The molecule has 2 heteroatoms. The maximum absolute atomic E-state index is 3.65. The fourth-order valence-electron chi connectivity index (χ4n) is 10.9. The lowest BCUT2D eigenvalue weighted by atomic mass is 9.93. The molecule has 0 unspecified atom stereocenters. The number of rotatable bonds is 9. The molecule has 1 N–H and O–H groups in total. The Bertz CT molecular complexity index is 4290. The number of benzene rings is 12. The highest BCUT2D eigenvalue weighted by atomic mass is 15.1. The predicted molar refractivity (Wildman–Crippen MR) is 369 cm³/mol. The molecule has 2 nitrogen and oxygen atoms in total. The van der Waals surface area contributed by atoms with Crippen molar-refractivity contribution in [2.24, 2.45) is 0 Å². The predicted octanol–water partition coefficient (Wildman–Crippen LogP) is 23.7. The zero-order valence-electron chi connectivity index (χ0n) is 49.2. The van der Waals surface area contributed by atoms with Crippen LogP contribution < -0.4 is 4.90 Å². The molecule has 0 fully saturated rings. The number of hydrogen-bond donors (Lipinski definition) is 1. The van der Waals surface area contributed by atoms with Crippen molar-refractivity contribution in [3.8, 4) is 33.4 Å². The molecule has 0 atom stereocenters. The fraction of sp³-hybridized carbons (Fsp3) is 0.0976.